The first-order valence-electron chi connectivity index (χ1n) is 27.4. The number of nitrogens with one attached hydrogen (secondary N) is 3. The summed E-state index contributed by atoms with van der Waals surface area (Å²) in [5.74, 6) is -6.85. The zero-order valence-corrected chi connectivity index (χ0v) is 46.2. The number of carbonyl (C=O) groups is 4. The zero-order valence-electron chi connectivity index (χ0n) is 45.4. The van der Waals surface area contributed by atoms with E-state index in [9.17, 15) is 59.8 Å². The van der Waals surface area contributed by atoms with Crippen molar-refractivity contribution in [1.29, 1.82) is 0 Å². The minimum atomic E-state index is -3.40. The van der Waals surface area contributed by atoms with Crippen LogP contribution in [0.5, 0.6) is 5.75 Å². The number of aromatic nitrogens is 2. The second-order valence-electron chi connectivity index (χ2n) is 21.7. The molecule has 6 heterocycles. The van der Waals surface area contributed by atoms with E-state index in [1.54, 1.807) is 23.0 Å². The highest BCUT2D eigenvalue weighted by Gasteiger charge is 2.40. The molecule has 0 aliphatic carbocycles. The SMILES string of the molecule is COc1ccc2[nH]cc(C3CCN(C(C(=O)O)C4CCN(C(=O)/C=C/c5cc(F)c(F)c(F)c5)CC4)CC3)c2c1.CS(=O)(=O)Nc1ccc2[nH]cc(C3CCN(C(C(=O)O)C4CCN(C(=O)/C=C/c5cc(F)cc(F)c5)CC4)CC3)c2c1. The standard InChI is InChI=1S/C30H32F3N3O4.C30H34F2N4O5S/c1-40-21-3-4-26-22(16-21)23(17-34-26)19-6-12-36(13-7-19)29(30(38)39)20-8-10-35(11-9-20)27(37)5-2-18-14-24(31)28(33)25(32)15-18;1-42(40,41)34-24-3-4-27-25(17-24)26(18-33-27)20-6-12-36(13-7-20)29(30(38)39)21-8-10-35(11-9-21)28(37)5-2-19-14-22(31)16-23(32)15-19/h2-5,14-17,19-20,29,34H,6-13H2,1H3,(H,38,39);2-5,14-18,20-21,29,33-34H,6-13H2,1H3,(H,38,39)/b2*5-2+. The molecule has 0 bridgehead atoms. The third kappa shape index (κ3) is 14.2. The average molecular weight is 1160 g/mol. The summed E-state index contributed by atoms with van der Waals surface area (Å²) in [5, 5.41) is 22.4. The van der Waals surface area contributed by atoms with Crippen molar-refractivity contribution in [3.05, 3.63) is 143 Å². The number of carboxylic acid groups (broad SMARTS) is 2. The summed E-state index contributed by atoms with van der Waals surface area (Å²) in [4.78, 5) is 64.0. The van der Waals surface area contributed by atoms with E-state index in [1.807, 2.05) is 47.6 Å². The molecule has 436 valence electrons. The molecule has 5 N–H and O–H groups in total. The number of hydrogen-bond acceptors (Lipinski definition) is 9. The maximum absolute atomic E-state index is 13.4. The van der Waals surface area contributed by atoms with Gasteiger partial charge in [0, 0.05) is 84.3 Å². The van der Waals surface area contributed by atoms with Gasteiger partial charge in [0.15, 0.2) is 17.5 Å². The van der Waals surface area contributed by atoms with Crippen molar-refractivity contribution < 1.29 is 64.5 Å². The highest BCUT2D eigenvalue weighted by molar-refractivity contribution is 7.92. The smallest absolute Gasteiger partial charge is 0.321 e. The van der Waals surface area contributed by atoms with E-state index >= 15 is 0 Å². The van der Waals surface area contributed by atoms with Crippen LogP contribution in [0.2, 0.25) is 0 Å². The first-order chi connectivity index (χ1) is 39.2. The largest absolute Gasteiger partial charge is 0.497 e. The molecule has 2 atom stereocenters. The number of benzene rings is 4. The number of methoxy groups -OCH3 is 1. The van der Waals surface area contributed by atoms with Crippen LogP contribution >= 0.6 is 0 Å². The molecule has 2 aromatic heterocycles. The second-order valence-corrected chi connectivity index (χ2v) is 23.5. The highest BCUT2D eigenvalue weighted by atomic mass is 32.2. The number of likely N-dealkylation sites (tertiary alicyclic amines) is 4. The second kappa shape index (κ2) is 25.7. The van der Waals surface area contributed by atoms with Gasteiger partial charge in [0.2, 0.25) is 21.8 Å². The van der Waals surface area contributed by atoms with E-state index in [-0.39, 0.29) is 40.7 Å². The van der Waals surface area contributed by atoms with Gasteiger partial charge >= 0.3 is 11.9 Å². The number of aromatic amines is 2. The van der Waals surface area contributed by atoms with Gasteiger partial charge in [-0.15, -0.1) is 0 Å². The number of carboxylic acids is 2. The van der Waals surface area contributed by atoms with Crippen LogP contribution in [0.3, 0.4) is 0 Å². The van der Waals surface area contributed by atoms with Crippen LogP contribution in [0, 0.1) is 40.9 Å². The van der Waals surface area contributed by atoms with Gasteiger partial charge < -0.3 is 34.7 Å². The van der Waals surface area contributed by atoms with Gasteiger partial charge in [0.05, 0.1) is 13.4 Å². The first kappa shape index (κ1) is 59.1. The number of carbonyl (C=O) groups excluding carboxylic acids is 2. The number of nitrogens with zero attached hydrogens (tertiary/aromatic N) is 4. The van der Waals surface area contributed by atoms with Crippen LogP contribution in [-0.2, 0) is 29.2 Å². The summed E-state index contributed by atoms with van der Waals surface area (Å²) in [5.41, 5.74) is 5.08. The number of piperidine rings is 4. The molecule has 4 aromatic carbocycles. The maximum atomic E-state index is 13.4. The number of ether oxygens (including phenoxy) is 1. The van der Waals surface area contributed by atoms with Crippen molar-refractivity contribution in [1.82, 2.24) is 29.6 Å². The van der Waals surface area contributed by atoms with Crippen molar-refractivity contribution in [3.8, 4) is 5.75 Å². The number of rotatable bonds is 15. The number of fused-ring (bicyclic) bond motifs is 2. The number of aliphatic carboxylic acids is 2. The average Bonchev–Trinajstić information content (AvgIpc) is 4.09. The Morgan fingerprint density at radius 2 is 1.02 bits per heavy atom. The Morgan fingerprint density at radius 1 is 0.598 bits per heavy atom. The molecule has 2 amide bonds. The number of sulfonamides is 1. The lowest BCUT2D eigenvalue weighted by atomic mass is 9.84. The molecular formula is C60H66F5N7O9S. The van der Waals surface area contributed by atoms with E-state index in [2.05, 4.69) is 19.6 Å². The van der Waals surface area contributed by atoms with Crippen LogP contribution in [0.15, 0.2) is 91.3 Å². The molecule has 22 heteroatoms. The Balaban J connectivity index is 0.000000198. The van der Waals surface area contributed by atoms with Gasteiger partial charge in [0.25, 0.3) is 0 Å². The predicted octanol–water partition coefficient (Wildman–Crippen LogP) is 9.58. The quantitative estimate of drug-likeness (QED) is 0.0372. The molecule has 0 saturated carbocycles. The number of H-pyrrole nitrogens is 2. The van der Waals surface area contributed by atoms with E-state index in [1.165, 1.54) is 29.9 Å². The lowest BCUT2D eigenvalue weighted by molar-refractivity contribution is -0.148. The molecule has 2 unspecified atom stereocenters. The van der Waals surface area contributed by atoms with Crippen LogP contribution in [0.1, 0.15) is 85.5 Å². The van der Waals surface area contributed by atoms with Crippen molar-refractivity contribution in [2.75, 3.05) is 70.4 Å². The monoisotopic (exact) mass is 1160 g/mol. The molecule has 4 saturated heterocycles. The molecule has 6 aromatic rings. The van der Waals surface area contributed by atoms with Crippen molar-refractivity contribution in [2.45, 2.75) is 75.3 Å². The third-order valence-corrected chi connectivity index (χ3v) is 17.1. The third-order valence-electron chi connectivity index (χ3n) is 16.5. The lowest BCUT2D eigenvalue weighted by Gasteiger charge is -2.41. The van der Waals surface area contributed by atoms with Crippen LogP contribution in [-0.4, -0.2) is 150 Å². The van der Waals surface area contributed by atoms with Crippen LogP contribution in [0.25, 0.3) is 34.0 Å². The fourth-order valence-electron chi connectivity index (χ4n) is 12.4. The van der Waals surface area contributed by atoms with Crippen molar-refractivity contribution in [3.63, 3.8) is 0 Å². The Morgan fingerprint density at radius 3 is 1.45 bits per heavy atom. The summed E-state index contributed by atoms with van der Waals surface area (Å²) >= 11 is 0. The summed E-state index contributed by atoms with van der Waals surface area (Å²) in [6, 6.07) is 14.8. The van der Waals surface area contributed by atoms with Gasteiger partial charge in [-0.05, 0) is 196 Å². The van der Waals surface area contributed by atoms with Crippen LogP contribution in [0.4, 0.5) is 27.6 Å². The van der Waals surface area contributed by atoms with Gasteiger partial charge in [-0.2, -0.15) is 0 Å². The van der Waals surface area contributed by atoms with Gasteiger partial charge in [-0.3, -0.25) is 33.7 Å². The summed E-state index contributed by atoms with van der Waals surface area (Å²) in [6.45, 7) is 4.16. The molecule has 16 nitrogen and oxygen atoms in total. The number of amides is 2. The summed E-state index contributed by atoms with van der Waals surface area (Å²) in [6.07, 6.45) is 15.6. The Hall–Kier alpha value is -7.56. The molecule has 0 radical (unpaired) electrons. The van der Waals surface area contributed by atoms with Crippen molar-refractivity contribution >= 4 is 73.4 Å². The Kier molecular flexibility index (Phi) is 18.5. The minimum absolute atomic E-state index is 0.0424. The number of halogens is 5. The van der Waals surface area contributed by atoms with Crippen LogP contribution < -0.4 is 9.46 Å². The topological polar surface area (TPSA) is 209 Å². The van der Waals surface area contributed by atoms with E-state index in [0.717, 1.165) is 95.4 Å². The maximum Gasteiger partial charge on any atom is 0.321 e. The normalized spacial score (nSPS) is 18.5. The molecule has 0 spiro atoms. The summed E-state index contributed by atoms with van der Waals surface area (Å²) < 4.78 is 98.2. The molecule has 10 rings (SSSR count). The molecule has 4 aliphatic heterocycles. The van der Waals surface area contributed by atoms with Gasteiger partial charge in [-0.25, -0.2) is 30.4 Å². The van der Waals surface area contributed by atoms with E-state index < -0.39 is 63.1 Å². The number of hydrogen-bond donors (Lipinski definition) is 5. The molecule has 4 aliphatic rings. The van der Waals surface area contributed by atoms with E-state index in [4.69, 9.17) is 4.74 Å². The predicted molar refractivity (Wildman–Crippen MR) is 301 cm³/mol. The molecular weight excluding hydrogens is 1090 g/mol. The van der Waals surface area contributed by atoms with E-state index in [0.29, 0.717) is 89.6 Å². The number of anilines is 1. The highest BCUT2D eigenvalue weighted by Crippen LogP contribution is 2.39. The zero-order chi connectivity index (χ0) is 58.4. The first-order valence-corrected chi connectivity index (χ1v) is 29.3. The van der Waals surface area contributed by atoms with Crippen molar-refractivity contribution in [2.24, 2.45) is 11.8 Å². The summed E-state index contributed by atoms with van der Waals surface area (Å²) in [7, 11) is -1.75. The minimum Gasteiger partial charge on any atom is -0.497 e. The van der Waals surface area contributed by atoms with Gasteiger partial charge in [0.1, 0.15) is 29.5 Å². The molecule has 82 heavy (non-hydrogen) atoms. The lowest BCUT2D eigenvalue weighted by Crippen LogP contribution is -2.52. The fraction of sp³-hybridized carbons (Fsp3) is 0.400. The molecule has 4 fully saturated rings. The van der Waals surface area contributed by atoms with Gasteiger partial charge in [-0.1, -0.05) is 0 Å². The Bertz CT molecular complexity index is 3440. The Labute approximate surface area is 471 Å². The fourth-order valence-corrected chi connectivity index (χ4v) is 12.9.